The van der Waals surface area contributed by atoms with Crippen LogP contribution < -0.4 is 15.4 Å². The highest BCUT2D eigenvalue weighted by Gasteiger charge is 2.64. The quantitative estimate of drug-likeness (QED) is 0.362. The van der Waals surface area contributed by atoms with Crippen molar-refractivity contribution >= 4 is 63.3 Å². The summed E-state index contributed by atoms with van der Waals surface area (Å²) < 4.78 is 13.1. The van der Waals surface area contributed by atoms with Crippen LogP contribution in [0.3, 0.4) is 0 Å². The fraction of sp³-hybridized carbons (Fsp3) is 0.400. The second-order valence-electron chi connectivity index (χ2n) is 10.7. The largest absolute Gasteiger partial charge is 0.490 e. The molecule has 1 aliphatic carbocycles. The normalized spacial score (nSPS) is 30.5. The van der Waals surface area contributed by atoms with Crippen LogP contribution in [-0.2, 0) is 19.7 Å². The molecule has 2 aromatic carbocycles. The van der Waals surface area contributed by atoms with E-state index < -0.39 is 17.4 Å². The van der Waals surface area contributed by atoms with E-state index in [4.69, 9.17) is 32.7 Å². The van der Waals surface area contributed by atoms with Gasteiger partial charge in [0.05, 0.1) is 19.3 Å². The number of hydrogen-bond donors (Lipinski definition) is 2. The van der Waals surface area contributed by atoms with Gasteiger partial charge in [-0.3, -0.25) is 9.59 Å². The second-order valence-corrected chi connectivity index (χ2v) is 12.9. The maximum absolute atomic E-state index is 14.4. The summed E-state index contributed by atoms with van der Waals surface area (Å²) in [5.41, 5.74) is 1.17. The molecule has 2 aromatic rings. The van der Waals surface area contributed by atoms with Crippen molar-refractivity contribution in [2.24, 2.45) is 17.8 Å². The Morgan fingerprint density at radius 1 is 1.10 bits per heavy atom. The van der Waals surface area contributed by atoms with Crippen molar-refractivity contribution in [2.45, 2.75) is 43.7 Å². The molecule has 0 bridgehead atoms. The summed E-state index contributed by atoms with van der Waals surface area (Å²) in [4.78, 5) is 28.2. The van der Waals surface area contributed by atoms with Gasteiger partial charge in [0.2, 0.25) is 11.8 Å². The summed E-state index contributed by atoms with van der Waals surface area (Å²) >= 11 is 15.2. The lowest BCUT2D eigenvalue weighted by atomic mass is 9.54. The molecule has 2 fully saturated rings. The van der Waals surface area contributed by atoms with E-state index in [1.54, 1.807) is 6.07 Å². The number of halogens is 3. The Kier molecular flexibility index (Phi) is 7.46. The van der Waals surface area contributed by atoms with Crippen LogP contribution in [0.2, 0.25) is 5.02 Å². The number of nitrogens with one attached hydrogen (secondary N) is 2. The van der Waals surface area contributed by atoms with Crippen LogP contribution in [-0.4, -0.2) is 31.1 Å². The van der Waals surface area contributed by atoms with Crippen LogP contribution in [0.15, 0.2) is 59.7 Å². The van der Waals surface area contributed by atoms with E-state index in [0.717, 1.165) is 27.5 Å². The molecule has 0 radical (unpaired) electrons. The Morgan fingerprint density at radius 3 is 2.67 bits per heavy atom. The van der Waals surface area contributed by atoms with E-state index in [0.29, 0.717) is 41.1 Å². The van der Waals surface area contributed by atoms with E-state index in [2.05, 4.69) is 39.3 Å². The van der Waals surface area contributed by atoms with Gasteiger partial charge in [-0.05, 0) is 82.8 Å². The summed E-state index contributed by atoms with van der Waals surface area (Å²) in [5.74, 6) is -0.522. The van der Waals surface area contributed by atoms with Crippen LogP contribution in [0.1, 0.15) is 43.4 Å². The summed E-state index contributed by atoms with van der Waals surface area (Å²) in [6.07, 6.45) is 8.01. The molecule has 204 valence electrons. The van der Waals surface area contributed by atoms with Gasteiger partial charge in [0.15, 0.2) is 0 Å². The predicted octanol–water partition coefficient (Wildman–Crippen LogP) is 6.51. The number of ether oxygens (including phenoxy) is 2. The minimum atomic E-state index is -1.12. The highest BCUT2D eigenvalue weighted by Crippen LogP contribution is 2.59. The number of rotatable bonds is 4. The zero-order valence-corrected chi connectivity index (χ0v) is 25.1. The van der Waals surface area contributed by atoms with Gasteiger partial charge in [-0.15, -0.1) is 0 Å². The van der Waals surface area contributed by atoms with Crippen molar-refractivity contribution in [1.82, 2.24) is 5.32 Å². The average Bonchev–Trinajstić information content (AvgIpc) is 3.19. The molecule has 4 aliphatic rings. The van der Waals surface area contributed by atoms with Gasteiger partial charge >= 0.3 is 0 Å². The number of piperidine rings is 1. The lowest BCUT2D eigenvalue weighted by Crippen LogP contribution is -2.63. The maximum atomic E-state index is 14.4. The van der Waals surface area contributed by atoms with Crippen molar-refractivity contribution in [1.29, 1.82) is 0 Å². The molecule has 5 atom stereocenters. The van der Waals surface area contributed by atoms with Gasteiger partial charge in [0.1, 0.15) is 17.3 Å². The number of hydrogen-bond acceptors (Lipinski definition) is 4. The Hall–Kier alpha value is -2.07. The minimum Gasteiger partial charge on any atom is -0.490 e. The first-order valence-electron chi connectivity index (χ1n) is 13.3. The molecule has 6 rings (SSSR count). The highest BCUT2D eigenvalue weighted by atomic mass is 127. The van der Waals surface area contributed by atoms with E-state index >= 15 is 0 Å². The third-order valence-corrected chi connectivity index (χ3v) is 9.73. The summed E-state index contributed by atoms with van der Waals surface area (Å²) in [6, 6.07) is 10.8. The van der Waals surface area contributed by atoms with Crippen LogP contribution >= 0.6 is 45.8 Å². The molecule has 39 heavy (non-hydrogen) atoms. The lowest BCUT2D eigenvalue weighted by Gasteiger charge is -2.51. The molecule has 2 N–H and O–H groups in total. The zero-order chi connectivity index (χ0) is 27.3. The fourth-order valence-electron chi connectivity index (χ4n) is 6.85. The van der Waals surface area contributed by atoms with E-state index in [9.17, 15) is 9.59 Å². The number of anilines is 1. The molecule has 2 amide bonds. The smallest absolute Gasteiger partial charge is 0.237 e. The molecule has 1 spiro atoms. The highest BCUT2D eigenvalue weighted by molar-refractivity contribution is 14.1. The Morgan fingerprint density at radius 2 is 1.90 bits per heavy atom. The maximum Gasteiger partial charge on any atom is 0.237 e. The van der Waals surface area contributed by atoms with Crippen molar-refractivity contribution in [3.05, 3.63) is 79.4 Å². The molecular weight excluding hydrogens is 650 g/mol. The first-order chi connectivity index (χ1) is 18.8. The van der Waals surface area contributed by atoms with Crippen molar-refractivity contribution in [3.8, 4) is 5.75 Å². The van der Waals surface area contributed by atoms with Crippen LogP contribution in [0.5, 0.6) is 5.75 Å². The molecule has 6 nitrogen and oxygen atoms in total. The predicted molar refractivity (Wildman–Crippen MR) is 160 cm³/mol. The molecular formula is C30H29Cl2IN2O4. The van der Waals surface area contributed by atoms with E-state index in [1.807, 2.05) is 49.4 Å². The SMILES string of the molecule is C[C@@H]1C(=O)N[C@@H](c2cc(I)ccc2OC2CCOCC2)[C@@]2(C(=O)Nc3cc(Cl)ccc32)[C@@H]1C1C=CC=C(Cl)C1. The number of benzene rings is 2. The molecule has 0 aromatic heterocycles. The zero-order valence-electron chi connectivity index (χ0n) is 21.4. The van der Waals surface area contributed by atoms with Gasteiger partial charge in [0.25, 0.3) is 0 Å². The topological polar surface area (TPSA) is 76.7 Å². The molecule has 3 heterocycles. The molecule has 2 saturated heterocycles. The molecule has 3 aliphatic heterocycles. The van der Waals surface area contributed by atoms with Crippen molar-refractivity contribution < 1.29 is 19.1 Å². The van der Waals surface area contributed by atoms with E-state index in [-0.39, 0.29) is 29.8 Å². The standard InChI is InChI=1S/C30H29Cl2IN2O4/c1-16-26(17-3-2-4-18(31)13-17)30(23-7-5-19(32)14-24(23)34-29(30)37)27(35-28(16)36)22-15-20(33)6-8-25(22)39-21-9-11-38-12-10-21/h2-8,14-17,21,26-27H,9-13H2,1H3,(H,34,37)(H,35,36)/t16-,17?,26-,27-,30-/m0/s1. The van der Waals surface area contributed by atoms with Gasteiger partial charge in [-0.25, -0.2) is 0 Å². The number of fused-ring (bicyclic) bond motifs is 2. The van der Waals surface area contributed by atoms with Gasteiger partial charge in [0, 0.05) is 43.6 Å². The summed E-state index contributed by atoms with van der Waals surface area (Å²) in [7, 11) is 0. The van der Waals surface area contributed by atoms with Gasteiger partial charge < -0.3 is 20.1 Å². The second kappa shape index (κ2) is 10.7. The Bertz CT molecular complexity index is 1390. The van der Waals surface area contributed by atoms with Gasteiger partial charge in [-0.2, -0.15) is 0 Å². The van der Waals surface area contributed by atoms with E-state index in [1.165, 1.54) is 0 Å². The van der Waals surface area contributed by atoms with Crippen molar-refractivity contribution in [3.63, 3.8) is 0 Å². The molecule has 0 saturated carbocycles. The van der Waals surface area contributed by atoms with Gasteiger partial charge in [-0.1, -0.05) is 48.3 Å². The van der Waals surface area contributed by atoms with Crippen LogP contribution in [0.25, 0.3) is 0 Å². The van der Waals surface area contributed by atoms with Crippen LogP contribution in [0.4, 0.5) is 5.69 Å². The first kappa shape index (κ1) is 27.1. The number of allylic oxidation sites excluding steroid dienone is 4. The molecule has 1 unspecified atom stereocenters. The molecule has 9 heteroatoms. The Balaban J connectivity index is 1.56. The number of carbonyl (C=O) groups excluding carboxylic acids is 2. The Labute approximate surface area is 251 Å². The first-order valence-corrected chi connectivity index (χ1v) is 15.1. The average molecular weight is 679 g/mol. The third-order valence-electron chi connectivity index (χ3n) is 8.54. The summed E-state index contributed by atoms with van der Waals surface area (Å²) in [5, 5.41) is 7.64. The van der Waals surface area contributed by atoms with Crippen LogP contribution in [0, 0.1) is 21.3 Å². The summed E-state index contributed by atoms with van der Waals surface area (Å²) in [6.45, 7) is 3.20. The minimum absolute atomic E-state index is 0.00348. The monoisotopic (exact) mass is 678 g/mol. The van der Waals surface area contributed by atoms with Crippen molar-refractivity contribution in [2.75, 3.05) is 18.5 Å². The third kappa shape index (κ3) is 4.69. The number of amides is 2. The fourth-order valence-corrected chi connectivity index (χ4v) is 7.79. The lowest BCUT2D eigenvalue weighted by molar-refractivity contribution is -0.140. The number of carbonyl (C=O) groups is 2.